The molecule has 0 aromatic heterocycles. The molecule has 126 valence electrons. The van der Waals surface area contributed by atoms with Crippen molar-refractivity contribution in [2.45, 2.75) is 36.7 Å². The van der Waals surface area contributed by atoms with Crippen molar-refractivity contribution in [3.63, 3.8) is 0 Å². The van der Waals surface area contributed by atoms with Crippen LogP contribution >= 0.6 is 0 Å². The molecule has 1 saturated heterocycles. The molecule has 2 rings (SSSR count). The lowest BCUT2D eigenvalue weighted by atomic mass is 10.2. The summed E-state index contributed by atoms with van der Waals surface area (Å²) >= 11 is 0. The van der Waals surface area contributed by atoms with E-state index in [-0.39, 0.29) is 6.54 Å². The van der Waals surface area contributed by atoms with Crippen LogP contribution in [0.3, 0.4) is 0 Å². The fraction of sp³-hybridized carbons (Fsp3) is 0.429. The molecule has 0 aliphatic carbocycles. The zero-order valence-corrected chi connectivity index (χ0v) is 13.2. The normalized spacial score (nSPS) is 19.6. The fourth-order valence-electron chi connectivity index (χ4n) is 2.55. The quantitative estimate of drug-likeness (QED) is 0.813. The largest absolute Gasteiger partial charge is 0.480 e. The Bertz CT molecular complexity index is 722. The van der Waals surface area contributed by atoms with Crippen LogP contribution in [0.1, 0.15) is 19.8 Å². The zero-order valence-electron chi connectivity index (χ0n) is 12.4. The number of carbonyl (C=O) groups is 2. The molecular weight excluding hydrogens is 327 g/mol. The number of likely N-dealkylation sites (tertiary alicyclic amines) is 1. The summed E-state index contributed by atoms with van der Waals surface area (Å²) in [7, 11) is -4.22. The van der Waals surface area contributed by atoms with Gasteiger partial charge in [0.05, 0.1) is 6.04 Å². The molecule has 2 atom stereocenters. The van der Waals surface area contributed by atoms with Crippen molar-refractivity contribution in [1.82, 2.24) is 9.62 Å². The smallest absolute Gasteiger partial charge is 0.326 e. The number of amides is 1. The zero-order chi connectivity index (χ0) is 17.2. The van der Waals surface area contributed by atoms with Crippen molar-refractivity contribution < 1.29 is 27.5 Å². The van der Waals surface area contributed by atoms with Gasteiger partial charge in [-0.05, 0) is 31.9 Å². The number of nitrogens with one attached hydrogen (secondary N) is 1. The van der Waals surface area contributed by atoms with E-state index in [9.17, 15) is 22.4 Å². The highest BCUT2D eigenvalue weighted by atomic mass is 32.2. The summed E-state index contributed by atoms with van der Waals surface area (Å²) in [6.07, 6.45) is 0.864. The number of hydrogen-bond acceptors (Lipinski definition) is 4. The molecule has 9 heteroatoms. The first-order chi connectivity index (χ1) is 10.7. The van der Waals surface area contributed by atoms with Gasteiger partial charge in [-0.25, -0.2) is 17.6 Å². The van der Waals surface area contributed by atoms with E-state index in [2.05, 4.69) is 4.72 Å². The summed E-state index contributed by atoms with van der Waals surface area (Å²) in [5.74, 6) is -2.70. The van der Waals surface area contributed by atoms with E-state index in [4.69, 9.17) is 5.11 Å². The number of rotatable bonds is 5. The fourth-order valence-corrected chi connectivity index (χ4v) is 3.82. The van der Waals surface area contributed by atoms with Crippen LogP contribution in [-0.4, -0.2) is 48.9 Å². The molecule has 0 radical (unpaired) electrons. The molecule has 1 aromatic carbocycles. The van der Waals surface area contributed by atoms with Crippen LogP contribution in [0, 0.1) is 5.82 Å². The molecule has 1 aliphatic heterocycles. The van der Waals surface area contributed by atoms with Gasteiger partial charge >= 0.3 is 5.97 Å². The van der Waals surface area contributed by atoms with Crippen LogP contribution in [0.5, 0.6) is 0 Å². The first kappa shape index (κ1) is 17.4. The predicted molar refractivity (Wildman–Crippen MR) is 78.6 cm³/mol. The summed E-state index contributed by atoms with van der Waals surface area (Å²) < 4.78 is 40.0. The molecule has 1 amide bonds. The number of carboxylic acids is 1. The van der Waals surface area contributed by atoms with Crippen molar-refractivity contribution in [2.75, 3.05) is 6.54 Å². The van der Waals surface area contributed by atoms with Crippen LogP contribution < -0.4 is 4.72 Å². The van der Waals surface area contributed by atoms with E-state index in [0.29, 0.717) is 12.8 Å². The molecule has 2 N–H and O–H groups in total. The Hall–Kier alpha value is -2.00. The molecule has 0 bridgehead atoms. The standard InChI is InChI=1S/C14H17FN2O5S/c1-9(13(18)17-8-4-6-11(17)14(19)20)16-23(21,22)12-7-3-2-5-10(12)15/h2-3,5,7,9,11,16H,4,6,8H2,1H3,(H,19,20)/t9?,11-/m0/s1. The monoisotopic (exact) mass is 344 g/mol. The van der Waals surface area contributed by atoms with E-state index in [1.54, 1.807) is 0 Å². The van der Waals surface area contributed by atoms with E-state index >= 15 is 0 Å². The lowest BCUT2D eigenvalue weighted by Crippen LogP contribution is -2.50. The maximum atomic E-state index is 13.6. The maximum absolute atomic E-state index is 13.6. The highest BCUT2D eigenvalue weighted by molar-refractivity contribution is 7.89. The highest BCUT2D eigenvalue weighted by Gasteiger charge is 2.37. The second-order valence-electron chi connectivity index (χ2n) is 5.30. The van der Waals surface area contributed by atoms with Gasteiger partial charge in [0.2, 0.25) is 15.9 Å². The minimum atomic E-state index is -4.22. The van der Waals surface area contributed by atoms with E-state index in [1.807, 2.05) is 0 Å². The molecule has 0 saturated carbocycles. The van der Waals surface area contributed by atoms with Crippen molar-refractivity contribution in [2.24, 2.45) is 0 Å². The van der Waals surface area contributed by atoms with E-state index < -0.39 is 44.7 Å². The van der Waals surface area contributed by atoms with Crippen molar-refractivity contribution >= 4 is 21.9 Å². The lowest BCUT2D eigenvalue weighted by molar-refractivity contribution is -0.148. The minimum absolute atomic E-state index is 0.252. The summed E-state index contributed by atoms with van der Waals surface area (Å²) in [5, 5.41) is 9.08. The Morgan fingerprint density at radius 2 is 2.04 bits per heavy atom. The van der Waals surface area contributed by atoms with Crippen LogP contribution in [0.25, 0.3) is 0 Å². The first-order valence-corrected chi connectivity index (χ1v) is 8.52. The SMILES string of the molecule is CC(NS(=O)(=O)c1ccccc1F)C(=O)N1CCC[C@H]1C(=O)O. The number of hydrogen-bond donors (Lipinski definition) is 2. The molecule has 0 spiro atoms. The Balaban J connectivity index is 2.15. The molecular formula is C14H17FN2O5S. The van der Waals surface area contributed by atoms with Crippen molar-refractivity contribution in [3.8, 4) is 0 Å². The number of halogens is 1. The number of carbonyl (C=O) groups excluding carboxylic acids is 1. The summed E-state index contributed by atoms with van der Waals surface area (Å²) in [5.41, 5.74) is 0. The van der Waals surface area contributed by atoms with Gasteiger partial charge in [-0.2, -0.15) is 4.72 Å². The second-order valence-corrected chi connectivity index (χ2v) is 6.98. The Labute approximate surface area is 133 Å². The first-order valence-electron chi connectivity index (χ1n) is 7.04. The second kappa shape index (κ2) is 6.63. The number of nitrogens with zero attached hydrogens (tertiary/aromatic N) is 1. The van der Waals surface area contributed by atoms with E-state index in [1.165, 1.54) is 19.1 Å². The third-order valence-electron chi connectivity index (χ3n) is 3.65. The molecule has 1 aromatic rings. The third-order valence-corrected chi connectivity index (χ3v) is 5.22. The predicted octanol–water partition coefficient (Wildman–Crippen LogP) is 0.568. The Kier molecular flexibility index (Phi) is 5.00. The Morgan fingerprint density at radius 1 is 1.39 bits per heavy atom. The minimum Gasteiger partial charge on any atom is -0.480 e. The van der Waals surface area contributed by atoms with Gasteiger partial charge < -0.3 is 10.0 Å². The van der Waals surface area contributed by atoms with Crippen molar-refractivity contribution in [3.05, 3.63) is 30.1 Å². The number of benzene rings is 1. The average Bonchev–Trinajstić information content (AvgIpc) is 2.95. The molecule has 1 aliphatic rings. The van der Waals surface area contributed by atoms with Gasteiger partial charge in [0.1, 0.15) is 16.8 Å². The number of carboxylic acid groups (broad SMARTS) is 1. The number of sulfonamides is 1. The topological polar surface area (TPSA) is 104 Å². The maximum Gasteiger partial charge on any atom is 0.326 e. The van der Waals surface area contributed by atoms with Crippen LogP contribution in [0.4, 0.5) is 4.39 Å². The summed E-state index contributed by atoms with van der Waals surface area (Å²) in [6.45, 7) is 1.56. The average molecular weight is 344 g/mol. The third kappa shape index (κ3) is 3.67. The van der Waals surface area contributed by atoms with Crippen LogP contribution in [0.2, 0.25) is 0 Å². The van der Waals surface area contributed by atoms with Gasteiger partial charge in [-0.15, -0.1) is 0 Å². The van der Waals surface area contributed by atoms with Crippen molar-refractivity contribution in [1.29, 1.82) is 0 Å². The van der Waals surface area contributed by atoms with Gasteiger partial charge in [0, 0.05) is 6.54 Å². The molecule has 1 heterocycles. The lowest BCUT2D eigenvalue weighted by Gasteiger charge is -2.25. The van der Waals surface area contributed by atoms with Crippen LogP contribution in [0.15, 0.2) is 29.2 Å². The van der Waals surface area contributed by atoms with Crippen LogP contribution in [-0.2, 0) is 19.6 Å². The summed E-state index contributed by atoms with van der Waals surface area (Å²) in [4.78, 5) is 24.0. The van der Waals surface area contributed by atoms with Gasteiger partial charge in [-0.3, -0.25) is 4.79 Å². The van der Waals surface area contributed by atoms with E-state index in [0.717, 1.165) is 17.0 Å². The molecule has 23 heavy (non-hydrogen) atoms. The van der Waals surface area contributed by atoms with Gasteiger partial charge in [0.15, 0.2) is 0 Å². The molecule has 1 unspecified atom stereocenters. The molecule has 1 fully saturated rings. The molecule has 7 nitrogen and oxygen atoms in total. The number of aliphatic carboxylic acids is 1. The Morgan fingerprint density at radius 3 is 2.65 bits per heavy atom. The summed E-state index contributed by atoms with van der Waals surface area (Å²) in [6, 6.07) is 2.66. The highest BCUT2D eigenvalue weighted by Crippen LogP contribution is 2.19. The van der Waals surface area contributed by atoms with Gasteiger partial charge in [-0.1, -0.05) is 12.1 Å². The van der Waals surface area contributed by atoms with Gasteiger partial charge in [0.25, 0.3) is 0 Å².